The Hall–Kier alpha value is -2.66. The number of carbonyl (C=O) groups is 1. The molecule has 0 bridgehead atoms. The fourth-order valence-electron chi connectivity index (χ4n) is 3.84. The van der Waals surface area contributed by atoms with Gasteiger partial charge in [0.25, 0.3) is 0 Å². The van der Waals surface area contributed by atoms with Gasteiger partial charge in [0.05, 0.1) is 11.6 Å². The minimum Gasteiger partial charge on any atom is -0.355 e. The molecule has 4 rings (SSSR count). The van der Waals surface area contributed by atoms with Crippen molar-refractivity contribution in [2.75, 3.05) is 18.0 Å². The molecule has 3 aromatic rings. The van der Waals surface area contributed by atoms with Gasteiger partial charge in [0, 0.05) is 35.8 Å². The molecule has 1 atom stereocenters. The van der Waals surface area contributed by atoms with Crippen molar-refractivity contribution in [3.8, 4) is 0 Å². The van der Waals surface area contributed by atoms with Crippen molar-refractivity contribution in [3.05, 3.63) is 64.9 Å². The fourth-order valence-corrected chi connectivity index (χ4v) is 4.00. The van der Waals surface area contributed by atoms with Crippen LogP contribution in [0.3, 0.4) is 0 Å². The molecule has 6 heteroatoms. The van der Waals surface area contributed by atoms with Gasteiger partial charge in [0.2, 0.25) is 5.91 Å². The Bertz CT molecular complexity index is 1050. The molecule has 1 N–H and O–H groups in total. The third-order valence-electron chi connectivity index (χ3n) is 5.68. The average Bonchev–Trinajstić information content (AvgIpc) is 3.62. The highest BCUT2D eigenvalue weighted by Crippen LogP contribution is 2.40. The summed E-state index contributed by atoms with van der Waals surface area (Å²) in [7, 11) is 0. The summed E-state index contributed by atoms with van der Waals surface area (Å²) in [5, 5.41) is 4.78. The molecule has 31 heavy (non-hydrogen) atoms. The number of carbonyl (C=O) groups excluding carboxylic acids is 1. The molecule has 1 unspecified atom stereocenters. The van der Waals surface area contributed by atoms with E-state index in [2.05, 4.69) is 17.1 Å². The van der Waals surface area contributed by atoms with Crippen LogP contribution in [0, 0.1) is 0 Å². The molecule has 5 nitrogen and oxygen atoms in total. The standard InChI is InChI=1S/C25H29ClN4O/c1-3-14-30(15-13-23(31)27-17(2)18-7-5-4-6-8-18)25-21-12-11-20(26)16-22(21)28-24(29-25)19-9-10-19/h4-8,11-12,16-17,19H,3,9-10,13-15H2,1-2H3,(H,27,31). The van der Waals surface area contributed by atoms with Crippen LogP contribution >= 0.6 is 11.6 Å². The Kier molecular flexibility index (Phi) is 6.71. The lowest BCUT2D eigenvalue weighted by Crippen LogP contribution is -2.33. The number of hydrogen-bond acceptors (Lipinski definition) is 4. The second-order valence-corrected chi connectivity index (χ2v) is 8.71. The molecule has 0 spiro atoms. The number of hydrogen-bond donors (Lipinski definition) is 1. The van der Waals surface area contributed by atoms with Crippen LogP contribution in [0.2, 0.25) is 5.02 Å². The van der Waals surface area contributed by atoms with Crippen LogP contribution in [0.5, 0.6) is 0 Å². The second kappa shape index (κ2) is 9.65. The minimum absolute atomic E-state index is 0.0168. The molecule has 0 aliphatic heterocycles. The van der Waals surface area contributed by atoms with Gasteiger partial charge < -0.3 is 10.2 Å². The van der Waals surface area contributed by atoms with E-state index < -0.39 is 0 Å². The van der Waals surface area contributed by atoms with Crippen LogP contribution in [-0.4, -0.2) is 29.0 Å². The molecule has 1 amide bonds. The Balaban J connectivity index is 1.52. The van der Waals surface area contributed by atoms with E-state index in [0.717, 1.165) is 53.9 Å². The van der Waals surface area contributed by atoms with Gasteiger partial charge >= 0.3 is 0 Å². The first-order chi connectivity index (χ1) is 15.0. The summed E-state index contributed by atoms with van der Waals surface area (Å²) in [5.74, 6) is 2.30. The molecule has 1 aromatic heterocycles. The van der Waals surface area contributed by atoms with E-state index in [-0.39, 0.29) is 11.9 Å². The molecule has 1 saturated carbocycles. The first kappa shape index (κ1) is 21.6. The third-order valence-corrected chi connectivity index (χ3v) is 5.91. The van der Waals surface area contributed by atoms with Gasteiger partial charge in [0.1, 0.15) is 11.6 Å². The van der Waals surface area contributed by atoms with E-state index in [1.807, 2.05) is 55.5 Å². The summed E-state index contributed by atoms with van der Waals surface area (Å²) in [6.07, 6.45) is 3.66. The molecule has 1 fully saturated rings. The predicted molar refractivity (Wildman–Crippen MR) is 127 cm³/mol. The van der Waals surface area contributed by atoms with Gasteiger partial charge in [-0.05, 0) is 49.9 Å². The second-order valence-electron chi connectivity index (χ2n) is 8.28. The summed E-state index contributed by atoms with van der Waals surface area (Å²) in [6, 6.07) is 15.8. The maximum absolute atomic E-state index is 12.7. The van der Waals surface area contributed by atoms with Crippen molar-refractivity contribution in [1.29, 1.82) is 0 Å². The highest BCUT2D eigenvalue weighted by molar-refractivity contribution is 6.31. The molecular weight excluding hydrogens is 408 g/mol. The van der Waals surface area contributed by atoms with Crippen LogP contribution < -0.4 is 10.2 Å². The van der Waals surface area contributed by atoms with Crippen LogP contribution in [0.15, 0.2) is 48.5 Å². The number of benzene rings is 2. The zero-order valence-corrected chi connectivity index (χ0v) is 18.9. The van der Waals surface area contributed by atoms with Gasteiger partial charge in [-0.15, -0.1) is 0 Å². The number of halogens is 1. The quantitative estimate of drug-likeness (QED) is 0.471. The van der Waals surface area contributed by atoms with Crippen LogP contribution in [0.1, 0.15) is 62.9 Å². The fraction of sp³-hybridized carbons (Fsp3) is 0.400. The number of fused-ring (bicyclic) bond motifs is 1. The van der Waals surface area contributed by atoms with Gasteiger partial charge in [-0.3, -0.25) is 4.79 Å². The van der Waals surface area contributed by atoms with Crippen molar-refractivity contribution in [2.24, 2.45) is 0 Å². The molecule has 0 radical (unpaired) electrons. The van der Waals surface area contributed by atoms with Crippen molar-refractivity contribution in [3.63, 3.8) is 0 Å². The lowest BCUT2D eigenvalue weighted by molar-refractivity contribution is -0.121. The minimum atomic E-state index is -0.0168. The summed E-state index contributed by atoms with van der Waals surface area (Å²) < 4.78 is 0. The molecule has 0 saturated heterocycles. The van der Waals surface area contributed by atoms with E-state index in [0.29, 0.717) is 23.9 Å². The number of aromatic nitrogens is 2. The molecule has 1 heterocycles. The number of nitrogens with one attached hydrogen (secondary N) is 1. The average molecular weight is 437 g/mol. The first-order valence-corrected chi connectivity index (χ1v) is 11.5. The van der Waals surface area contributed by atoms with Gasteiger partial charge in [-0.2, -0.15) is 0 Å². The highest BCUT2D eigenvalue weighted by Gasteiger charge is 2.28. The SMILES string of the molecule is CCCN(CCC(=O)NC(C)c1ccccc1)c1nc(C2CC2)nc2cc(Cl)ccc12. The normalized spacial score (nSPS) is 14.4. The topological polar surface area (TPSA) is 58.1 Å². The Labute approximate surface area is 188 Å². The number of rotatable bonds is 9. The molecule has 2 aromatic carbocycles. The first-order valence-electron chi connectivity index (χ1n) is 11.1. The molecule has 1 aliphatic rings. The van der Waals surface area contributed by atoms with E-state index in [1.165, 1.54) is 0 Å². The maximum Gasteiger partial charge on any atom is 0.222 e. The summed E-state index contributed by atoms with van der Waals surface area (Å²) in [5.41, 5.74) is 1.98. The van der Waals surface area contributed by atoms with Crippen LogP contribution in [-0.2, 0) is 4.79 Å². The van der Waals surface area contributed by atoms with Crippen LogP contribution in [0.4, 0.5) is 5.82 Å². The summed E-state index contributed by atoms with van der Waals surface area (Å²) in [4.78, 5) is 24.6. The number of anilines is 1. The predicted octanol–water partition coefficient (Wildman–Crippen LogP) is 5.64. The summed E-state index contributed by atoms with van der Waals surface area (Å²) in [6.45, 7) is 5.60. The van der Waals surface area contributed by atoms with Gasteiger partial charge in [-0.25, -0.2) is 9.97 Å². The van der Waals surface area contributed by atoms with Crippen molar-refractivity contribution < 1.29 is 4.79 Å². The van der Waals surface area contributed by atoms with Crippen LogP contribution in [0.25, 0.3) is 10.9 Å². The smallest absolute Gasteiger partial charge is 0.222 e. The Morgan fingerprint density at radius 3 is 2.65 bits per heavy atom. The number of amides is 1. The highest BCUT2D eigenvalue weighted by atomic mass is 35.5. The van der Waals surface area contributed by atoms with Gasteiger partial charge in [-0.1, -0.05) is 48.9 Å². The lowest BCUT2D eigenvalue weighted by Gasteiger charge is -2.25. The molecule has 1 aliphatic carbocycles. The largest absolute Gasteiger partial charge is 0.355 e. The Morgan fingerprint density at radius 1 is 1.16 bits per heavy atom. The zero-order chi connectivity index (χ0) is 21.8. The Morgan fingerprint density at radius 2 is 1.94 bits per heavy atom. The monoisotopic (exact) mass is 436 g/mol. The molecule has 162 valence electrons. The van der Waals surface area contributed by atoms with E-state index >= 15 is 0 Å². The van der Waals surface area contributed by atoms with Crippen molar-refractivity contribution >= 4 is 34.2 Å². The van der Waals surface area contributed by atoms with Gasteiger partial charge in [0.15, 0.2) is 0 Å². The van der Waals surface area contributed by atoms with E-state index in [9.17, 15) is 4.79 Å². The molecular formula is C25H29ClN4O. The van der Waals surface area contributed by atoms with E-state index in [4.69, 9.17) is 21.6 Å². The van der Waals surface area contributed by atoms with Crippen molar-refractivity contribution in [2.45, 2.75) is 51.5 Å². The zero-order valence-electron chi connectivity index (χ0n) is 18.1. The maximum atomic E-state index is 12.7. The number of nitrogens with zero attached hydrogens (tertiary/aromatic N) is 3. The van der Waals surface area contributed by atoms with E-state index in [1.54, 1.807) is 0 Å². The van der Waals surface area contributed by atoms with Crippen molar-refractivity contribution in [1.82, 2.24) is 15.3 Å². The third kappa shape index (κ3) is 5.34. The summed E-state index contributed by atoms with van der Waals surface area (Å²) >= 11 is 6.23. The lowest BCUT2D eigenvalue weighted by atomic mass is 10.1.